The van der Waals surface area contributed by atoms with Gasteiger partial charge in [0.05, 0.1) is 13.2 Å². The highest BCUT2D eigenvalue weighted by molar-refractivity contribution is 9.10. The molecule has 0 saturated heterocycles. The predicted octanol–water partition coefficient (Wildman–Crippen LogP) is 4.89. The highest BCUT2D eigenvalue weighted by Crippen LogP contribution is 2.51. The van der Waals surface area contributed by atoms with Gasteiger partial charge in [-0.15, -0.1) is 0 Å². The third-order valence-corrected chi connectivity index (χ3v) is 5.96. The lowest BCUT2D eigenvalue weighted by atomic mass is 9.67. The van der Waals surface area contributed by atoms with Crippen molar-refractivity contribution in [1.29, 1.82) is 0 Å². The summed E-state index contributed by atoms with van der Waals surface area (Å²) >= 11 is 3.84. The van der Waals surface area contributed by atoms with Crippen LogP contribution in [0.3, 0.4) is 0 Å². The van der Waals surface area contributed by atoms with Gasteiger partial charge in [-0.05, 0) is 30.4 Å². The maximum absolute atomic E-state index is 6.32. The van der Waals surface area contributed by atoms with E-state index in [-0.39, 0.29) is 5.41 Å². The molecule has 4 heteroatoms. The zero-order chi connectivity index (χ0) is 16.4. The smallest absolute Gasteiger partial charge is 0.164 e. The molecule has 128 valence electrons. The Bertz CT molecular complexity index is 565. The summed E-state index contributed by atoms with van der Waals surface area (Å²) in [4.78, 5) is 0. The minimum atomic E-state index is 0.0708. The van der Waals surface area contributed by atoms with E-state index in [2.05, 4.69) is 35.8 Å². The van der Waals surface area contributed by atoms with E-state index in [0.717, 1.165) is 35.6 Å². The second-order valence-corrected chi connectivity index (χ2v) is 8.08. The van der Waals surface area contributed by atoms with Crippen LogP contribution in [0.15, 0.2) is 10.5 Å². The van der Waals surface area contributed by atoms with Gasteiger partial charge < -0.3 is 15.2 Å². The first-order chi connectivity index (χ1) is 11.1. The molecule has 23 heavy (non-hydrogen) atoms. The van der Waals surface area contributed by atoms with Crippen LogP contribution in [0.1, 0.15) is 69.4 Å². The average Bonchev–Trinajstić information content (AvgIpc) is 2.79. The topological polar surface area (TPSA) is 44.5 Å². The number of rotatable bonds is 3. The van der Waals surface area contributed by atoms with Crippen molar-refractivity contribution in [1.82, 2.24) is 0 Å². The highest BCUT2D eigenvalue weighted by atomic mass is 79.9. The molecule has 0 spiro atoms. The molecule has 2 N–H and O–H groups in total. The van der Waals surface area contributed by atoms with E-state index >= 15 is 0 Å². The fourth-order valence-electron chi connectivity index (χ4n) is 4.17. The molecule has 1 heterocycles. The standard InChI is InChI=1S/C19H28BrNO2/c1-13(2)16-17(19(12-21)7-4-3-5-8-19)14(20)11-15-18(16)23-10-6-9-22-15/h11,13H,3-10,12,21H2,1-2H3. The first kappa shape index (κ1) is 17.1. The number of fused-ring (bicyclic) bond motifs is 1. The maximum Gasteiger partial charge on any atom is 0.164 e. The number of nitrogens with two attached hydrogens (primary N) is 1. The Hall–Kier alpha value is -0.740. The normalized spacial score (nSPS) is 20.4. The fraction of sp³-hybridized carbons (Fsp3) is 0.684. The first-order valence-corrected chi connectivity index (χ1v) is 9.71. The predicted molar refractivity (Wildman–Crippen MR) is 97.7 cm³/mol. The third kappa shape index (κ3) is 3.12. The summed E-state index contributed by atoms with van der Waals surface area (Å²) in [5.41, 5.74) is 9.06. The van der Waals surface area contributed by atoms with Crippen molar-refractivity contribution >= 4 is 15.9 Å². The largest absolute Gasteiger partial charge is 0.490 e. The Balaban J connectivity index is 2.21. The molecular formula is C19H28BrNO2. The van der Waals surface area contributed by atoms with Crippen LogP contribution in [0, 0.1) is 0 Å². The quantitative estimate of drug-likeness (QED) is 0.809. The van der Waals surface area contributed by atoms with Gasteiger partial charge in [0.25, 0.3) is 0 Å². The van der Waals surface area contributed by atoms with Crippen molar-refractivity contribution in [2.24, 2.45) is 5.73 Å². The van der Waals surface area contributed by atoms with Crippen LogP contribution in [0.2, 0.25) is 0 Å². The Morgan fingerprint density at radius 1 is 1.13 bits per heavy atom. The molecule has 3 rings (SSSR count). The van der Waals surface area contributed by atoms with Crippen LogP contribution in [0.4, 0.5) is 0 Å². The van der Waals surface area contributed by atoms with Gasteiger partial charge in [0.1, 0.15) is 0 Å². The van der Waals surface area contributed by atoms with Crippen LogP contribution in [0.25, 0.3) is 0 Å². The number of hydrogen-bond acceptors (Lipinski definition) is 3. The van der Waals surface area contributed by atoms with Gasteiger partial charge in [0.15, 0.2) is 11.5 Å². The molecule has 0 bridgehead atoms. The first-order valence-electron chi connectivity index (χ1n) is 8.91. The fourth-order valence-corrected chi connectivity index (χ4v) is 5.02. The van der Waals surface area contributed by atoms with Gasteiger partial charge >= 0.3 is 0 Å². The summed E-state index contributed by atoms with van der Waals surface area (Å²) in [5.74, 6) is 2.21. The van der Waals surface area contributed by atoms with E-state index in [0.29, 0.717) is 12.5 Å². The molecule has 0 unspecified atom stereocenters. The van der Waals surface area contributed by atoms with Crippen LogP contribution in [-0.4, -0.2) is 19.8 Å². The Morgan fingerprint density at radius 3 is 2.48 bits per heavy atom. The second-order valence-electron chi connectivity index (χ2n) is 7.22. The molecule has 3 nitrogen and oxygen atoms in total. The van der Waals surface area contributed by atoms with Crippen LogP contribution < -0.4 is 15.2 Å². The van der Waals surface area contributed by atoms with Crippen LogP contribution in [0.5, 0.6) is 11.5 Å². The van der Waals surface area contributed by atoms with Crippen molar-refractivity contribution in [3.8, 4) is 11.5 Å². The van der Waals surface area contributed by atoms with Gasteiger partial charge in [0, 0.05) is 28.4 Å². The van der Waals surface area contributed by atoms with Crippen LogP contribution in [-0.2, 0) is 5.41 Å². The molecule has 1 aliphatic heterocycles. The van der Waals surface area contributed by atoms with Crippen molar-refractivity contribution in [2.75, 3.05) is 19.8 Å². The lowest BCUT2D eigenvalue weighted by Crippen LogP contribution is -2.38. The van der Waals surface area contributed by atoms with Gasteiger partial charge in [-0.2, -0.15) is 0 Å². The minimum Gasteiger partial charge on any atom is -0.490 e. The van der Waals surface area contributed by atoms with E-state index in [1.807, 2.05) is 0 Å². The summed E-state index contributed by atoms with van der Waals surface area (Å²) in [6, 6.07) is 2.11. The molecule has 1 aliphatic carbocycles. The van der Waals surface area contributed by atoms with Gasteiger partial charge in [-0.1, -0.05) is 49.0 Å². The highest BCUT2D eigenvalue weighted by Gasteiger charge is 2.38. The van der Waals surface area contributed by atoms with Gasteiger partial charge in [-0.25, -0.2) is 0 Å². The summed E-state index contributed by atoms with van der Waals surface area (Å²) in [6.07, 6.45) is 7.11. The van der Waals surface area contributed by atoms with Crippen molar-refractivity contribution in [3.05, 3.63) is 21.7 Å². The summed E-state index contributed by atoms with van der Waals surface area (Å²) in [6.45, 7) is 6.63. The van der Waals surface area contributed by atoms with Gasteiger partial charge in [-0.3, -0.25) is 0 Å². The third-order valence-electron chi connectivity index (χ3n) is 5.34. The van der Waals surface area contributed by atoms with Crippen molar-refractivity contribution < 1.29 is 9.47 Å². The van der Waals surface area contributed by atoms with Crippen LogP contribution >= 0.6 is 15.9 Å². The molecule has 1 aromatic carbocycles. The average molecular weight is 382 g/mol. The van der Waals surface area contributed by atoms with E-state index in [4.69, 9.17) is 15.2 Å². The molecule has 1 saturated carbocycles. The van der Waals surface area contributed by atoms with Gasteiger partial charge in [0.2, 0.25) is 0 Å². The number of ether oxygens (including phenoxy) is 2. The molecule has 0 amide bonds. The number of halogens is 1. The van der Waals surface area contributed by atoms with E-state index < -0.39 is 0 Å². The van der Waals surface area contributed by atoms with E-state index in [1.54, 1.807) is 0 Å². The Kier molecular flexibility index (Phi) is 5.22. The molecule has 0 radical (unpaired) electrons. The Morgan fingerprint density at radius 2 is 1.83 bits per heavy atom. The van der Waals surface area contributed by atoms with Crippen molar-refractivity contribution in [2.45, 2.75) is 63.7 Å². The van der Waals surface area contributed by atoms with E-state index in [1.165, 1.54) is 43.2 Å². The molecule has 1 fully saturated rings. The molecule has 1 aromatic rings. The van der Waals surface area contributed by atoms with Crippen molar-refractivity contribution in [3.63, 3.8) is 0 Å². The monoisotopic (exact) mass is 381 g/mol. The Labute approximate surface area is 148 Å². The molecule has 2 aliphatic rings. The summed E-state index contributed by atoms with van der Waals surface area (Å²) in [5, 5.41) is 0. The molecule has 0 atom stereocenters. The zero-order valence-corrected chi connectivity index (χ0v) is 15.9. The maximum atomic E-state index is 6.32. The SMILES string of the molecule is CC(C)c1c2c(cc(Br)c1C1(CN)CCCCC1)OCCCO2. The van der Waals surface area contributed by atoms with E-state index in [9.17, 15) is 0 Å². The molecular weight excluding hydrogens is 354 g/mol. The zero-order valence-electron chi connectivity index (χ0n) is 14.3. The second kappa shape index (κ2) is 7.02. The summed E-state index contributed by atoms with van der Waals surface area (Å²) in [7, 11) is 0. The lowest BCUT2D eigenvalue weighted by molar-refractivity contribution is 0.288. The minimum absolute atomic E-state index is 0.0708. The number of hydrogen-bond donors (Lipinski definition) is 1. The molecule has 0 aromatic heterocycles. The summed E-state index contributed by atoms with van der Waals surface area (Å²) < 4.78 is 13.2. The lowest BCUT2D eigenvalue weighted by Gasteiger charge is -2.40. The number of benzene rings is 1.